The van der Waals surface area contributed by atoms with Gasteiger partial charge in [-0.3, -0.25) is 0 Å². The van der Waals surface area contributed by atoms with Crippen molar-refractivity contribution in [2.24, 2.45) is 0 Å². The van der Waals surface area contributed by atoms with Crippen LogP contribution in [0.5, 0.6) is 0 Å². The van der Waals surface area contributed by atoms with Crippen LogP contribution in [0.1, 0.15) is 45.0 Å². The molecule has 0 aliphatic carbocycles. The smallest absolute Gasteiger partial charge is 0.145 e. The molecule has 0 amide bonds. The van der Waals surface area contributed by atoms with Crippen LogP contribution in [0.25, 0.3) is 0 Å². The highest BCUT2D eigenvalue weighted by atomic mass is 16.3. The van der Waals surface area contributed by atoms with Crippen molar-refractivity contribution in [3.05, 3.63) is 106 Å². The topological polar surface area (TPSA) is 40.5 Å². The number of hydrogen-bond donors (Lipinski definition) is 2. The minimum absolute atomic E-state index is 0.691. The number of aliphatic hydroxyl groups is 2. The minimum atomic E-state index is -1.53. The standard InChI is InChI=1S/C24H26O2/c1-16-10-12-18(3)21(14-16)24(26,22-15-17(2)11-13-19(22)4)23(25)20-8-6-5-7-9-20/h5-15,23,25-26H,1-4H3. The summed E-state index contributed by atoms with van der Waals surface area (Å²) in [4.78, 5) is 0. The Kier molecular flexibility index (Phi) is 4.99. The lowest BCUT2D eigenvalue weighted by molar-refractivity contribution is -0.0526. The monoisotopic (exact) mass is 346 g/mol. The molecule has 0 spiro atoms. The molecule has 3 rings (SSSR count). The van der Waals surface area contributed by atoms with Crippen molar-refractivity contribution in [1.29, 1.82) is 0 Å². The van der Waals surface area contributed by atoms with E-state index >= 15 is 0 Å². The van der Waals surface area contributed by atoms with Crippen molar-refractivity contribution < 1.29 is 10.2 Å². The average Bonchev–Trinajstić information content (AvgIpc) is 2.65. The molecule has 0 aromatic heterocycles. The quantitative estimate of drug-likeness (QED) is 0.706. The maximum atomic E-state index is 12.0. The minimum Gasteiger partial charge on any atom is -0.385 e. The van der Waals surface area contributed by atoms with Gasteiger partial charge in [0.25, 0.3) is 0 Å². The third-order valence-electron chi connectivity index (χ3n) is 5.12. The Morgan fingerprint density at radius 1 is 0.692 bits per heavy atom. The van der Waals surface area contributed by atoms with E-state index < -0.39 is 11.7 Å². The Hall–Kier alpha value is -2.42. The van der Waals surface area contributed by atoms with Crippen LogP contribution in [0.4, 0.5) is 0 Å². The molecular weight excluding hydrogens is 320 g/mol. The second-order valence-electron chi connectivity index (χ2n) is 7.22. The summed E-state index contributed by atoms with van der Waals surface area (Å²) in [5.41, 5.74) is 4.64. The second-order valence-corrected chi connectivity index (χ2v) is 7.22. The van der Waals surface area contributed by atoms with Gasteiger partial charge in [-0.2, -0.15) is 0 Å². The van der Waals surface area contributed by atoms with E-state index in [1.807, 2.05) is 94.4 Å². The van der Waals surface area contributed by atoms with Gasteiger partial charge in [-0.05, 0) is 55.5 Å². The molecule has 0 heterocycles. The van der Waals surface area contributed by atoms with Crippen LogP contribution in [0.3, 0.4) is 0 Å². The fourth-order valence-electron chi connectivity index (χ4n) is 3.61. The van der Waals surface area contributed by atoms with Crippen LogP contribution in [0.15, 0.2) is 66.7 Å². The van der Waals surface area contributed by atoms with E-state index in [4.69, 9.17) is 0 Å². The highest BCUT2D eigenvalue weighted by molar-refractivity contribution is 5.49. The van der Waals surface area contributed by atoms with Gasteiger partial charge in [0.05, 0.1) is 0 Å². The van der Waals surface area contributed by atoms with E-state index in [1.54, 1.807) is 0 Å². The lowest BCUT2D eigenvalue weighted by atomic mass is 9.75. The normalized spacial score (nSPS) is 12.8. The molecule has 2 N–H and O–H groups in total. The maximum absolute atomic E-state index is 12.0. The maximum Gasteiger partial charge on any atom is 0.145 e. The molecule has 2 nitrogen and oxygen atoms in total. The SMILES string of the molecule is Cc1ccc(C)c(C(O)(c2cc(C)ccc2C)C(O)c2ccccc2)c1. The second kappa shape index (κ2) is 7.06. The summed E-state index contributed by atoms with van der Waals surface area (Å²) in [6.07, 6.45) is -1.08. The highest BCUT2D eigenvalue weighted by Gasteiger charge is 2.42. The van der Waals surface area contributed by atoms with Gasteiger partial charge in [-0.1, -0.05) is 77.9 Å². The van der Waals surface area contributed by atoms with Gasteiger partial charge in [0, 0.05) is 0 Å². The van der Waals surface area contributed by atoms with Gasteiger partial charge in [0.1, 0.15) is 11.7 Å². The molecular formula is C24H26O2. The number of aliphatic hydroxyl groups excluding tert-OH is 1. The summed E-state index contributed by atoms with van der Waals surface area (Å²) in [5, 5.41) is 23.4. The van der Waals surface area contributed by atoms with Crippen LogP contribution in [-0.2, 0) is 5.60 Å². The predicted octanol–water partition coefficient (Wildman–Crippen LogP) is 4.89. The Bertz CT molecular complexity index is 861. The first kappa shape index (κ1) is 18.4. The molecule has 2 heteroatoms. The first-order valence-electron chi connectivity index (χ1n) is 8.95. The third kappa shape index (κ3) is 3.18. The Morgan fingerprint density at radius 3 is 1.62 bits per heavy atom. The molecule has 0 fully saturated rings. The van der Waals surface area contributed by atoms with Crippen molar-refractivity contribution in [3.8, 4) is 0 Å². The molecule has 0 bridgehead atoms. The van der Waals surface area contributed by atoms with Crippen LogP contribution in [-0.4, -0.2) is 10.2 Å². The highest BCUT2D eigenvalue weighted by Crippen LogP contribution is 2.44. The molecule has 3 aromatic carbocycles. The van der Waals surface area contributed by atoms with Gasteiger partial charge in [0.15, 0.2) is 0 Å². The molecule has 134 valence electrons. The molecule has 0 saturated carbocycles. The van der Waals surface area contributed by atoms with E-state index in [0.29, 0.717) is 5.56 Å². The van der Waals surface area contributed by atoms with Gasteiger partial charge < -0.3 is 10.2 Å². The largest absolute Gasteiger partial charge is 0.385 e. The Morgan fingerprint density at radius 2 is 1.15 bits per heavy atom. The lowest BCUT2D eigenvalue weighted by Crippen LogP contribution is -2.36. The van der Waals surface area contributed by atoms with Crippen LogP contribution in [0, 0.1) is 27.7 Å². The van der Waals surface area contributed by atoms with Crippen molar-refractivity contribution in [2.75, 3.05) is 0 Å². The number of hydrogen-bond acceptors (Lipinski definition) is 2. The van der Waals surface area contributed by atoms with Gasteiger partial charge in [-0.25, -0.2) is 0 Å². The van der Waals surface area contributed by atoms with Crippen molar-refractivity contribution >= 4 is 0 Å². The molecule has 26 heavy (non-hydrogen) atoms. The van der Waals surface area contributed by atoms with E-state index in [9.17, 15) is 10.2 Å². The number of rotatable bonds is 4. The van der Waals surface area contributed by atoms with Gasteiger partial charge in [0.2, 0.25) is 0 Å². The zero-order chi connectivity index (χ0) is 18.9. The fraction of sp³-hybridized carbons (Fsp3) is 0.250. The van der Waals surface area contributed by atoms with E-state index in [-0.39, 0.29) is 0 Å². The zero-order valence-electron chi connectivity index (χ0n) is 15.8. The molecule has 1 atom stereocenters. The van der Waals surface area contributed by atoms with Gasteiger partial charge in [-0.15, -0.1) is 0 Å². The van der Waals surface area contributed by atoms with E-state index in [2.05, 4.69) is 0 Å². The Balaban J connectivity index is 2.32. The molecule has 0 aliphatic heterocycles. The first-order chi connectivity index (χ1) is 12.3. The van der Waals surface area contributed by atoms with Crippen LogP contribution in [0.2, 0.25) is 0 Å². The first-order valence-corrected chi connectivity index (χ1v) is 8.95. The summed E-state index contributed by atoms with van der Waals surface area (Å²) >= 11 is 0. The summed E-state index contributed by atoms with van der Waals surface area (Å²) < 4.78 is 0. The van der Waals surface area contributed by atoms with Gasteiger partial charge >= 0.3 is 0 Å². The van der Waals surface area contributed by atoms with Crippen molar-refractivity contribution in [2.45, 2.75) is 39.4 Å². The van der Waals surface area contributed by atoms with Crippen LogP contribution < -0.4 is 0 Å². The van der Waals surface area contributed by atoms with E-state index in [0.717, 1.165) is 33.4 Å². The molecule has 0 aliphatic rings. The lowest BCUT2D eigenvalue weighted by Gasteiger charge is -2.37. The van der Waals surface area contributed by atoms with E-state index in [1.165, 1.54) is 0 Å². The molecule has 3 aromatic rings. The van der Waals surface area contributed by atoms with Crippen molar-refractivity contribution in [3.63, 3.8) is 0 Å². The van der Waals surface area contributed by atoms with Crippen molar-refractivity contribution in [1.82, 2.24) is 0 Å². The summed E-state index contributed by atoms with van der Waals surface area (Å²) in [6, 6.07) is 21.4. The number of aryl methyl sites for hydroxylation is 4. The summed E-state index contributed by atoms with van der Waals surface area (Å²) in [7, 11) is 0. The summed E-state index contributed by atoms with van der Waals surface area (Å²) in [5.74, 6) is 0. The predicted molar refractivity (Wildman–Crippen MR) is 106 cm³/mol. The molecule has 1 unspecified atom stereocenters. The molecule has 0 saturated heterocycles. The zero-order valence-corrected chi connectivity index (χ0v) is 15.8. The third-order valence-corrected chi connectivity index (χ3v) is 5.12. The average molecular weight is 346 g/mol. The number of benzene rings is 3. The van der Waals surface area contributed by atoms with Crippen LogP contribution >= 0.6 is 0 Å². The molecule has 0 radical (unpaired) electrons. The summed E-state index contributed by atoms with van der Waals surface area (Å²) in [6.45, 7) is 7.95. The Labute approximate surface area is 155 Å². The fourth-order valence-corrected chi connectivity index (χ4v) is 3.61.